The Morgan fingerprint density at radius 3 is 2.38 bits per heavy atom. The number of piperidine rings is 1. The van der Waals surface area contributed by atoms with Crippen LogP contribution in [0.25, 0.3) is 0 Å². The summed E-state index contributed by atoms with van der Waals surface area (Å²) in [6.07, 6.45) is 9.31. The number of fused-ring (bicyclic) bond motifs is 1. The highest BCUT2D eigenvalue weighted by Gasteiger charge is 2.38. The Morgan fingerprint density at radius 1 is 1.04 bits per heavy atom. The van der Waals surface area contributed by atoms with Gasteiger partial charge < -0.3 is 4.90 Å². The second-order valence-corrected chi connectivity index (χ2v) is 7.92. The van der Waals surface area contributed by atoms with Gasteiger partial charge in [0.15, 0.2) is 0 Å². The zero-order valence-corrected chi connectivity index (χ0v) is 14.6. The maximum absolute atomic E-state index is 12.9. The van der Waals surface area contributed by atoms with Crippen LogP contribution >= 0.6 is 0 Å². The topological polar surface area (TPSA) is 36.4 Å². The summed E-state index contributed by atoms with van der Waals surface area (Å²) in [7, 11) is 0. The third-order valence-electron chi connectivity index (χ3n) is 6.34. The molecule has 24 heavy (non-hydrogen) atoms. The van der Waals surface area contributed by atoms with E-state index in [4.69, 9.17) is 0 Å². The fourth-order valence-electron chi connectivity index (χ4n) is 4.90. The molecule has 2 atom stereocenters. The maximum atomic E-state index is 12.9. The fourth-order valence-corrected chi connectivity index (χ4v) is 4.90. The lowest BCUT2D eigenvalue weighted by Crippen LogP contribution is -2.41. The van der Waals surface area contributed by atoms with Crippen molar-refractivity contribution >= 4 is 5.91 Å². The van der Waals surface area contributed by atoms with Crippen molar-refractivity contribution < 1.29 is 4.79 Å². The van der Waals surface area contributed by atoms with Crippen LogP contribution in [0.3, 0.4) is 0 Å². The Labute approximate surface area is 145 Å². The fraction of sp³-hybridized carbons (Fsp3) is 0.700. The second kappa shape index (κ2) is 7.22. The number of pyridine rings is 1. The molecule has 1 aromatic rings. The molecule has 2 aliphatic heterocycles. The molecule has 3 aliphatic rings. The lowest BCUT2D eigenvalue weighted by atomic mass is 9.82. The molecule has 130 valence electrons. The Kier molecular flexibility index (Phi) is 4.83. The number of aromatic nitrogens is 1. The maximum Gasteiger partial charge on any atom is 0.225 e. The first-order valence-corrected chi connectivity index (χ1v) is 9.70. The summed E-state index contributed by atoms with van der Waals surface area (Å²) in [5.74, 6) is 2.30. The van der Waals surface area contributed by atoms with Gasteiger partial charge in [-0.2, -0.15) is 0 Å². The summed E-state index contributed by atoms with van der Waals surface area (Å²) in [5.41, 5.74) is 1.13. The Morgan fingerprint density at radius 2 is 1.75 bits per heavy atom. The van der Waals surface area contributed by atoms with Crippen LogP contribution < -0.4 is 0 Å². The van der Waals surface area contributed by atoms with Gasteiger partial charge >= 0.3 is 0 Å². The van der Waals surface area contributed by atoms with Crippen molar-refractivity contribution in [3.63, 3.8) is 0 Å². The molecule has 0 radical (unpaired) electrons. The zero-order valence-electron chi connectivity index (χ0n) is 14.6. The first kappa shape index (κ1) is 16.1. The predicted molar refractivity (Wildman–Crippen MR) is 94.3 cm³/mol. The Hall–Kier alpha value is -1.42. The van der Waals surface area contributed by atoms with Gasteiger partial charge in [0, 0.05) is 31.7 Å². The van der Waals surface area contributed by atoms with Gasteiger partial charge in [-0.15, -0.1) is 0 Å². The van der Waals surface area contributed by atoms with Crippen molar-refractivity contribution in [1.29, 1.82) is 0 Å². The summed E-state index contributed by atoms with van der Waals surface area (Å²) < 4.78 is 0. The van der Waals surface area contributed by atoms with E-state index >= 15 is 0 Å². The average Bonchev–Trinajstić information content (AvgIpc) is 3.07. The van der Waals surface area contributed by atoms with Gasteiger partial charge in [0.2, 0.25) is 5.91 Å². The molecule has 0 spiro atoms. The smallest absolute Gasteiger partial charge is 0.225 e. The number of likely N-dealkylation sites (tertiary alicyclic amines) is 2. The summed E-state index contributed by atoms with van der Waals surface area (Å²) in [6, 6.07) is 6.09. The summed E-state index contributed by atoms with van der Waals surface area (Å²) >= 11 is 0. The minimum atomic E-state index is 0.255. The van der Waals surface area contributed by atoms with E-state index < -0.39 is 0 Å². The van der Waals surface area contributed by atoms with Gasteiger partial charge in [-0.1, -0.05) is 18.9 Å². The molecule has 4 heteroatoms. The van der Waals surface area contributed by atoms with E-state index in [-0.39, 0.29) is 5.92 Å². The number of rotatable bonds is 3. The standard InChI is InChI=1S/C20H29N3O/c24-20(23-13-17-5-1-2-6-18(17)14-23)16-8-11-22(12-9-16)15-19-7-3-4-10-21-19/h3-4,7,10,16-18H,1-2,5-6,8-9,11-15H2. The Bertz CT molecular complexity index is 539. The van der Waals surface area contributed by atoms with Gasteiger partial charge in [-0.05, 0) is 62.7 Å². The quantitative estimate of drug-likeness (QED) is 0.856. The van der Waals surface area contributed by atoms with Crippen molar-refractivity contribution in [2.75, 3.05) is 26.2 Å². The van der Waals surface area contributed by atoms with Gasteiger partial charge in [0.1, 0.15) is 0 Å². The van der Waals surface area contributed by atoms with E-state index in [1.54, 1.807) is 0 Å². The lowest BCUT2D eigenvalue weighted by molar-refractivity contribution is -0.136. The van der Waals surface area contributed by atoms with Crippen LogP contribution in [0.5, 0.6) is 0 Å². The van der Waals surface area contributed by atoms with Gasteiger partial charge in [-0.25, -0.2) is 0 Å². The van der Waals surface area contributed by atoms with Crippen LogP contribution in [0.1, 0.15) is 44.2 Å². The minimum absolute atomic E-state index is 0.255. The number of nitrogens with zero attached hydrogens (tertiary/aromatic N) is 3. The molecule has 1 saturated carbocycles. The van der Waals surface area contributed by atoms with E-state index in [0.717, 1.165) is 63.1 Å². The number of carbonyl (C=O) groups is 1. The van der Waals surface area contributed by atoms with Crippen LogP contribution in [0, 0.1) is 17.8 Å². The van der Waals surface area contributed by atoms with Crippen LogP contribution in [0.15, 0.2) is 24.4 Å². The third-order valence-corrected chi connectivity index (χ3v) is 6.34. The van der Waals surface area contributed by atoms with Crippen molar-refractivity contribution in [2.24, 2.45) is 17.8 Å². The van der Waals surface area contributed by atoms with E-state index in [2.05, 4.69) is 20.9 Å². The van der Waals surface area contributed by atoms with E-state index in [1.807, 2.05) is 18.3 Å². The van der Waals surface area contributed by atoms with Crippen LogP contribution in [0.4, 0.5) is 0 Å². The largest absolute Gasteiger partial charge is 0.342 e. The molecule has 3 fully saturated rings. The van der Waals surface area contributed by atoms with Crippen LogP contribution in [-0.2, 0) is 11.3 Å². The Balaban J connectivity index is 1.27. The molecule has 1 amide bonds. The molecule has 3 heterocycles. The molecular formula is C20H29N3O. The highest BCUT2D eigenvalue weighted by molar-refractivity contribution is 5.79. The third kappa shape index (κ3) is 3.49. The summed E-state index contributed by atoms with van der Waals surface area (Å²) in [4.78, 5) is 22.0. The zero-order chi connectivity index (χ0) is 16.4. The number of amides is 1. The molecule has 0 N–H and O–H groups in total. The van der Waals surface area contributed by atoms with Crippen LogP contribution in [-0.4, -0.2) is 46.9 Å². The lowest BCUT2D eigenvalue weighted by Gasteiger charge is -2.33. The monoisotopic (exact) mass is 327 g/mol. The van der Waals surface area contributed by atoms with Crippen LogP contribution in [0.2, 0.25) is 0 Å². The van der Waals surface area contributed by atoms with Gasteiger partial charge in [-0.3, -0.25) is 14.7 Å². The van der Waals surface area contributed by atoms with Crippen molar-refractivity contribution in [2.45, 2.75) is 45.1 Å². The molecule has 2 unspecified atom stereocenters. The number of hydrogen-bond donors (Lipinski definition) is 0. The highest BCUT2D eigenvalue weighted by Crippen LogP contribution is 2.37. The predicted octanol–water partition coefficient (Wildman–Crippen LogP) is 2.94. The van der Waals surface area contributed by atoms with Gasteiger partial charge in [0.25, 0.3) is 0 Å². The van der Waals surface area contributed by atoms with Crippen molar-refractivity contribution in [3.05, 3.63) is 30.1 Å². The average molecular weight is 327 g/mol. The molecule has 1 aromatic heterocycles. The van der Waals surface area contributed by atoms with Crippen molar-refractivity contribution in [3.8, 4) is 0 Å². The molecule has 4 nitrogen and oxygen atoms in total. The molecular weight excluding hydrogens is 298 g/mol. The SMILES string of the molecule is O=C(C1CCN(Cc2ccccn2)CC1)N1CC2CCCCC2C1. The van der Waals surface area contributed by atoms with Gasteiger partial charge in [0.05, 0.1) is 5.69 Å². The number of carbonyl (C=O) groups excluding carboxylic acids is 1. The first-order chi connectivity index (χ1) is 11.8. The van der Waals surface area contributed by atoms with E-state index in [1.165, 1.54) is 25.7 Å². The molecule has 0 aromatic carbocycles. The highest BCUT2D eigenvalue weighted by atomic mass is 16.2. The summed E-state index contributed by atoms with van der Waals surface area (Å²) in [5, 5.41) is 0. The molecule has 0 bridgehead atoms. The summed E-state index contributed by atoms with van der Waals surface area (Å²) in [6.45, 7) is 5.03. The normalized spacial score (nSPS) is 28.8. The van der Waals surface area contributed by atoms with E-state index in [9.17, 15) is 4.79 Å². The molecule has 4 rings (SSSR count). The molecule has 1 aliphatic carbocycles. The first-order valence-electron chi connectivity index (χ1n) is 9.70. The second-order valence-electron chi connectivity index (χ2n) is 7.92. The van der Waals surface area contributed by atoms with Crippen molar-refractivity contribution in [1.82, 2.24) is 14.8 Å². The number of hydrogen-bond acceptors (Lipinski definition) is 3. The minimum Gasteiger partial charge on any atom is -0.342 e. The van der Waals surface area contributed by atoms with E-state index in [0.29, 0.717) is 5.91 Å². The molecule has 2 saturated heterocycles.